The second kappa shape index (κ2) is 12.0. The first-order chi connectivity index (χ1) is 9.35. The van der Waals surface area contributed by atoms with Crippen molar-refractivity contribution in [2.24, 2.45) is 5.41 Å². The van der Waals surface area contributed by atoms with E-state index in [4.69, 9.17) is 0 Å². The summed E-state index contributed by atoms with van der Waals surface area (Å²) in [6.45, 7) is 13.1. The molecule has 0 aromatic heterocycles. The van der Waals surface area contributed by atoms with Gasteiger partial charge in [0.15, 0.2) is 5.78 Å². The Morgan fingerprint density at radius 3 is 2.10 bits per heavy atom. The van der Waals surface area contributed by atoms with E-state index in [0.29, 0.717) is 25.9 Å². The molecule has 20 heavy (non-hydrogen) atoms. The Balaban J connectivity index is 0. The summed E-state index contributed by atoms with van der Waals surface area (Å²) in [6.07, 6.45) is 1.87. The van der Waals surface area contributed by atoms with Crippen molar-refractivity contribution in [3.05, 3.63) is 0 Å². The number of nitrogens with one attached hydrogen (secondary N) is 2. The fourth-order valence-corrected chi connectivity index (χ4v) is 1.52. The third kappa shape index (κ3) is 9.21. The van der Waals surface area contributed by atoms with Crippen LogP contribution in [-0.2, 0) is 9.59 Å². The first-order valence-corrected chi connectivity index (χ1v) is 7.79. The molecule has 4 nitrogen and oxygen atoms in total. The standard InChI is InChI=1S/C14H28N2O2.C2H6/c1-6-14(3,4)13(18)8-10-16-11(2)12(17)7-9-15-5;1-2/h11,15-16H,6-10H2,1-5H3;1-2H3. The molecule has 0 fully saturated rings. The van der Waals surface area contributed by atoms with E-state index in [1.54, 1.807) is 0 Å². The zero-order valence-electron chi connectivity index (χ0n) is 14.4. The minimum atomic E-state index is -0.249. The zero-order chi connectivity index (χ0) is 16.2. The molecule has 0 bridgehead atoms. The second-order valence-corrected chi connectivity index (χ2v) is 5.41. The van der Waals surface area contributed by atoms with Crippen LogP contribution in [0.2, 0.25) is 0 Å². The third-order valence-corrected chi connectivity index (χ3v) is 3.55. The highest BCUT2D eigenvalue weighted by Crippen LogP contribution is 2.22. The van der Waals surface area contributed by atoms with E-state index >= 15 is 0 Å². The van der Waals surface area contributed by atoms with Gasteiger partial charge in [0.2, 0.25) is 0 Å². The van der Waals surface area contributed by atoms with Gasteiger partial charge >= 0.3 is 0 Å². The SMILES string of the molecule is CC.CCC(C)(C)C(=O)CCNC(C)C(=O)CCNC. The smallest absolute Gasteiger partial charge is 0.150 e. The summed E-state index contributed by atoms with van der Waals surface area (Å²) in [5, 5.41) is 6.07. The van der Waals surface area contributed by atoms with Gasteiger partial charge in [0, 0.05) is 31.3 Å². The van der Waals surface area contributed by atoms with Crippen LogP contribution in [0.3, 0.4) is 0 Å². The van der Waals surface area contributed by atoms with Crippen molar-refractivity contribution in [2.45, 2.75) is 66.8 Å². The molecule has 0 saturated heterocycles. The maximum atomic E-state index is 11.9. The predicted molar refractivity (Wildman–Crippen MR) is 86.1 cm³/mol. The summed E-state index contributed by atoms with van der Waals surface area (Å²) >= 11 is 0. The Morgan fingerprint density at radius 1 is 1.10 bits per heavy atom. The summed E-state index contributed by atoms with van der Waals surface area (Å²) in [4.78, 5) is 23.5. The molecule has 0 aliphatic rings. The van der Waals surface area contributed by atoms with Crippen LogP contribution in [-0.4, -0.2) is 37.7 Å². The Kier molecular flexibility index (Phi) is 13.0. The fourth-order valence-electron chi connectivity index (χ4n) is 1.52. The highest BCUT2D eigenvalue weighted by Gasteiger charge is 2.24. The fraction of sp³-hybridized carbons (Fsp3) is 0.875. The van der Waals surface area contributed by atoms with Crippen molar-refractivity contribution in [1.82, 2.24) is 10.6 Å². The van der Waals surface area contributed by atoms with E-state index < -0.39 is 0 Å². The van der Waals surface area contributed by atoms with Crippen molar-refractivity contribution in [3.8, 4) is 0 Å². The lowest BCUT2D eigenvalue weighted by Gasteiger charge is -2.21. The second-order valence-electron chi connectivity index (χ2n) is 5.41. The third-order valence-electron chi connectivity index (χ3n) is 3.55. The van der Waals surface area contributed by atoms with Gasteiger partial charge in [-0.3, -0.25) is 9.59 Å². The quantitative estimate of drug-likeness (QED) is 0.648. The monoisotopic (exact) mass is 286 g/mol. The Hall–Kier alpha value is -0.740. The maximum Gasteiger partial charge on any atom is 0.150 e. The van der Waals surface area contributed by atoms with Crippen LogP contribution in [0.1, 0.15) is 60.8 Å². The average Bonchev–Trinajstić information content (AvgIpc) is 2.46. The van der Waals surface area contributed by atoms with Gasteiger partial charge in [-0.15, -0.1) is 0 Å². The molecule has 1 unspecified atom stereocenters. The maximum absolute atomic E-state index is 11.9. The molecule has 0 aromatic rings. The van der Waals surface area contributed by atoms with E-state index in [1.165, 1.54) is 0 Å². The van der Waals surface area contributed by atoms with Crippen LogP contribution in [0.4, 0.5) is 0 Å². The molecule has 0 aliphatic heterocycles. The van der Waals surface area contributed by atoms with Crippen LogP contribution in [0, 0.1) is 5.41 Å². The first-order valence-electron chi connectivity index (χ1n) is 7.79. The lowest BCUT2D eigenvalue weighted by atomic mass is 9.84. The van der Waals surface area contributed by atoms with E-state index in [-0.39, 0.29) is 23.0 Å². The van der Waals surface area contributed by atoms with E-state index in [2.05, 4.69) is 10.6 Å². The lowest BCUT2D eigenvalue weighted by Crippen LogP contribution is -2.37. The van der Waals surface area contributed by atoms with E-state index in [1.807, 2.05) is 48.6 Å². The number of Topliss-reactive ketones (excluding diaryl/α,β-unsaturated/α-hetero) is 2. The van der Waals surface area contributed by atoms with Crippen molar-refractivity contribution < 1.29 is 9.59 Å². The molecule has 0 spiro atoms. The molecular weight excluding hydrogens is 252 g/mol. The normalized spacial score (nSPS) is 12.3. The summed E-state index contributed by atoms with van der Waals surface area (Å²) in [5.74, 6) is 0.443. The minimum absolute atomic E-state index is 0.170. The molecule has 0 saturated carbocycles. The van der Waals surface area contributed by atoms with Crippen molar-refractivity contribution in [1.29, 1.82) is 0 Å². The molecule has 1 atom stereocenters. The van der Waals surface area contributed by atoms with Gasteiger partial charge in [0.25, 0.3) is 0 Å². The number of ketones is 2. The Bertz CT molecular complexity index is 276. The first kappa shape index (κ1) is 21.6. The van der Waals surface area contributed by atoms with Gasteiger partial charge < -0.3 is 10.6 Å². The molecule has 0 amide bonds. The number of carbonyl (C=O) groups is 2. The van der Waals surface area contributed by atoms with Crippen LogP contribution in [0.5, 0.6) is 0 Å². The molecule has 2 N–H and O–H groups in total. The molecule has 120 valence electrons. The molecule has 0 heterocycles. The Morgan fingerprint density at radius 2 is 1.65 bits per heavy atom. The Labute approximate surface area is 125 Å². The number of rotatable bonds is 10. The van der Waals surface area contributed by atoms with Gasteiger partial charge in [-0.05, 0) is 20.4 Å². The highest BCUT2D eigenvalue weighted by atomic mass is 16.1. The molecule has 4 heteroatoms. The summed E-state index contributed by atoms with van der Waals surface area (Å²) in [5.41, 5.74) is -0.249. The number of hydrogen-bond donors (Lipinski definition) is 2. The lowest BCUT2D eigenvalue weighted by molar-refractivity contribution is -0.127. The van der Waals surface area contributed by atoms with Crippen LogP contribution in [0.25, 0.3) is 0 Å². The molecule has 0 radical (unpaired) electrons. The van der Waals surface area contributed by atoms with Gasteiger partial charge in [-0.25, -0.2) is 0 Å². The van der Waals surface area contributed by atoms with Gasteiger partial charge in [0.05, 0.1) is 6.04 Å². The number of hydrogen-bond acceptors (Lipinski definition) is 4. The average molecular weight is 286 g/mol. The van der Waals surface area contributed by atoms with Gasteiger partial charge in [0.1, 0.15) is 5.78 Å². The predicted octanol–water partition coefficient (Wildman–Crippen LogP) is 2.56. The number of carbonyl (C=O) groups excluding carboxylic acids is 2. The van der Waals surface area contributed by atoms with Crippen molar-refractivity contribution in [3.63, 3.8) is 0 Å². The van der Waals surface area contributed by atoms with Crippen molar-refractivity contribution in [2.75, 3.05) is 20.1 Å². The van der Waals surface area contributed by atoms with E-state index in [9.17, 15) is 9.59 Å². The molecule has 0 rings (SSSR count). The van der Waals surface area contributed by atoms with Crippen LogP contribution in [0.15, 0.2) is 0 Å². The summed E-state index contributed by atoms with van der Waals surface area (Å²) in [7, 11) is 1.83. The molecular formula is C16H34N2O2. The summed E-state index contributed by atoms with van der Waals surface area (Å²) in [6, 6.07) is -0.170. The van der Waals surface area contributed by atoms with Crippen LogP contribution < -0.4 is 10.6 Å². The van der Waals surface area contributed by atoms with Gasteiger partial charge in [-0.1, -0.05) is 34.6 Å². The highest BCUT2D eigenvalue weighted by molar-refractivity contribution is 5.85. The van der Waals surface area contributed by atoms with Crippen LogP contribution >= 0.6 is 0 Å². The molecule has 0 aliphatic carbocycles. The van der Waals surface area contributed by atoms with Gasteiger partial charge in [-0.2, -0.15) is 0 Å². The zero-order valence-corrected chi connectivity index (χ0v) is 14.4. The topological polar surface area (TPSA) is 58.2 Å². The van der Waals surface area contributed by atoms with E-state index in [0.717, 1.165) is 6.42 Å². The largest absolute Gasteiger partial charge is 0.319 e. The van der Waals surface area contributed by atoms with Crippen molar-refractivity contribution >= 4 is 11.6 Å². The minimum Gasteiger partial charge on any atom is -0.319 e. The summed E-state index contributed by atoms with van der Waals surface area (Å²) < 4.78 is 0. The molecule has 0 aromatic carbocycles.